The van der Waals surface area contributed by atoms with Gasteiger partial charge in [0.2, 0.25) is 0 Å². The number of hydrogen-bond donors (Lipinski definition) is 1. The van der Waals surface area contributed by atoms with E-state index in [-0.39, 0.29) is 11.8 Å². The molecule has 0 aliphatic rings. The molecule has 7 heteroatoms. The Morgan fingerprint density at radius 2 is 1.89 bits per heavy atom. The first-order chi connectivity index (χ1) is 8.49. The quantitative estimate of drug-likeness (QED) is 0.933. The first kappa shape index (κ1) is 12.8. The van der Waals surface area contributed by atoms with Crippen LogP contribution in [-0.2, 0) is 12.8 Å². The summed E-state index contributed by atoms with van der Waals surface area (Å²) in [5.74, 6) is 0.371. The Balaban J connectivity index is 2.11. The van der Waals surface area contributed by atoms with Crippen molar-refractivity contribution in [3.63, 3.8) is 0 Å². The summed E-state index contributed by atoms with van der Waals surface area (Å²) < 4.78 is 42.1. The Morgan fingerprint density at radius 1 is 1.22 bits per heavy atom. The van der Waals surface area contributed by atoms with Crippen LogP contribution in [0.4, 0.5) is 13.2 Å². The molecule has 96 valence electrons. The Kier molecular flexibility index (Phi) is 3.53. The van der Waals surface area contributed by atoms with Crippen LogP contribution in [0.1, 0.15) is 11.3 Å². The molecule has 2 aromatic rings. The van der Waals surface area contributed by atoms with Crippen molar-refractivity contribution in [2.24, 2.45) is 0 Å². The van der Waals surface area contributed by atoms with E-state index in [1.165, 1.54) is 0 Å². The third kappa shape index (κ3) is 2.99. The van der Waals surface area contributed by atoms with Gasteiger partial charge in [-0.15, -0.1) is 0 Å². The van der Waals surface area contributed by atoms with E-state index in [0.29, 0.717) is 11.3 Å². The Bertz CT molecular complexity index is 522. The van der Waals surface area contributed by atoms with Crippen LogP contribution in [-0.4, -0.2) is 10.1 Å². The number of alkyl halides is 3. The third-order valence-electron chi connectivity index (χ3n) is 2.08. The molecular weight excluding hydrogens is 267 g/mol. The minimum atomic E-state index is -4.46. The number of nitrogens with zero attached hydrogens (tertiary/aromatic N) is 1. The number of halogens is 3. The van der Waals surface area contributed by atoms with Gasteiger partial charge in [-0.1, -0.05) is 23.5 Å². The van der Waals surface area contributed by atoms with Crippen LogP contribution in [0.2, 0.25) is 0 Å². The molecule has 1 N–H and O–H groups in total. The van der Waals surface area contributed by atoms with Gasteiger partial charge in [-0.2, -0.15) is 18.2 Å². The molecule has 0 aliphatic heterocycles. The minimum absolute atomic E-state index is 0.0703. The summed E-state index contributed by atoms with van der Waals surface area (Å²) in [5, 5.41) is 9.66. The number of benzene rings is 1. The average Bonchev–Trinajstić information content (AvgIpc) is 2.78. The highest BCUT2D eigenvalue weighted by atomic mass is 32.1. The van der Waals surface area contributed by atoms with Gasteiger partial charge < -0.3 is 9.84 Å². The summed E-state index contributed by atoms with van der Waals surface area (Å²) >= 11 is 0.778. The van der Waals surface area contributed by atoms with E-state index in [4.69, 9.17) is 9.84 Å². The van der Waals surface area contributed by atoms with Crippen LogP contribution >= 0.6 is 11.3 Å². The van der Waals surface area contributed by atoms with Gasteiger partial charge in [0.25, 0.3) is 5.19 Å². The van der Waals surface area contributed by atoms with Gasteiger partial charge in [0.05, 0.1) is 6.61 Å². The molecule has 3 nitrogen and oxygen atoms in total. The smallest absolute Gasteiger partial charge is 0.431 e. The molecule has 18 heavy (non-hydrogen) atoms. The number of aliphatic hydroxyl groups excluding tert-OH is 1. The van der Waals surface area contributed by atoms with Crippen molar-refractivity contribution in [3.05, 3.63) is 40.9 Å². The van der Waals surface area contributed by atoms with Crippen molar-refractivity contribution < 1.29 is 23.0 Å². The number of aromatic nitrogens is 1. The zero-order valence-corrected chi connectivity index (χ0v) is 9.76. The van der Waals surface area contributed by atoms with Crippen LogP contribution in [0.5, 0.6) is 10.9 Å². The van der Waals surface area contributed by atoms with Gasteiger partial charge in [-0.05, 0) is 17.7 Å². The number of hydrogen-bond acceptors (Lipinski definition) is 4. The van der Waals surface area contributed by atoms with Gasteiger partial charge in [-0.25, -0.2) is 0 Å². The molecule has 0 bridgehead atoms. The summed E-state index contributed by atoms with van der Waals surface area (Å²) in [5.41, 5.74) is -0.271. The predicted octanol–water partition coefficient (Wildman–Crippen LogP) is 3.45. The van der Waals surface area contributed by atoms with Crippen molar-refractivity contribution in [3.8, 4) is 10.9 Å². The first-order valence-electron chi connectivity index (χ1n) is 4.89. The summed E-state index contributed by atoms with van der Waals surface area (Å²) in [6.45, 7) is -0.101. The van der Waals surface area contributed by atoms with Crippen molar-refractivity contribution >= 4 is 11.3 Å². The van der Waals surface area contributed by atoms with E-state index >= 15 is 0 Å². The largest absolute Gasteiger partial charge is 0.434 e. The number of thiazole rings is 1. The zero-order chi connectivity index (χ0) is 13.2. The summed E-state index contributed by atoms with van der Waals surface area (Å²) in [4.78, 5) is 3.34. The fourth-order valence-corrected chi connectivity index (χ4v) is 1.89. The summed E-state index contributed by atoms with van der Waals surface area (Å²) in [6.07, 6.45) is -4.46. The van der Waals surface area contributed by atoms with Crippen LogP contribution in [0.3, 0.4) is 0 Å². The van der Waals surface area contributed by atoms with E-state index in [9.17, 15) is 13.2 Å². The predicted molar refractivity (Wildman–Crippen MR) is 59.6 cm³/mol. The first-order valence-corrected chi connectivity index (χ1v) is 5.77. The lowest BCUT2D eigenvalue weighted by atomic mass is 10.2. The fourth-order valence-electron chi connectivity index (χ4n) is 1.20. The standard InChI is InChI=1S/C11H8F3NO2S/c12-11(13,14)9-6-18-10(15-9)17-8-3-1-7(5-16)2-4-8/h1-4,6,16H,5H2. The molecule has 0 radical (unpaired) electrons. The summed E-state index contributed by atoms with van der Waals surface area (Å²) in [7, 11) is 0. The zero-order valence-electron chi connectivity index (χ0n) is 8.94. The second-order valence-electron chi connectivity index (χ2n) is 3.40. The second kappa shape index (κ2) is 4.95. The molecule has 0 atom stereocenters. The van der Waals surface area contributed by atoms with Crippen molar-refractivity contribution in [1.29, 1.82) is 0 Å². The maximum atomic E-state index is 12.3. The highest BCUT2D eigenvalue weighted by Gasteiger charge is 2.34. The van der Waals surface area contributed by atoms with Gasteiger partial charge in [-0.3, -0.25) is 0 Å². The molecule has 0 saturated carbocycles. The molecule has 0 spiro atoms. The highest BCUT2D eigenvalue weighted by Crippen LogP contribution is 2.34. The molecule has 1 aromatic heterocycles. The third-order valence-corrected chi connectivity index (χ3v) is 2.80. The van der Waals surface area contributed by atoms with Crippen molar-refractivity contribution in [1.82, 2.24) is 4.98 Å². The van der Waals surface area contributed by atoms with Gasteiger partial charge in [0.15, 0.2) is 5.69 Å². The van der Waals surface area contributed by atoms with Gasteiger partial charge >= 0.3 is 6.18 Å². The second-order valence-corrected chi connectivity index (χ2v) is 4.22. The van der Waals surface area contributed by atoms with E-state index in [1.54, 1.807) is 24.3 Å². The van der Waals surface area contributed by atoms with Crippen LogP contribution in [0.15, 0.2) is 29.6 Å². The maximum absolute atomic E-state index is 12.3. The molecule has 0 saturated heterocycles. The Labute approximate surface area is 104 Å². The molecule has 1 heterocycles. The monoisotopic (exact) mass is 275 g/mol. The topological polar surface area (TPSA) is 42.4 Å². The molecule has 0 fully saturated rings. The molecular formula is C11H8F3NO2S. The van der Waals surface area contributed by atoms with E-state index in [2.05, 4.69) is 4.98 Å². The minimum Gasteiger partial charge on any atom is -0.431 e. The Hall–Kier alpha value is -1.60. The van der Waals surface area contributed by atoms with Crippen molar-refractivity contribution in [2.45, 2.75) is 12.8 Å². The van der Waals surface area contributed by atoms with Crippen LogP contribution in [0, 0.1) is 0 Å². The number of ether oxygens (including phenoxy) is 1. The summed E-state index contributed by atoms with van der Waals surface area (Å²) in [6, 6.07) is 6.35. The SMILES string of the molecule is OCc1ccc(Oc2nc(C(F)(F)F)cs2)cc1. The average molecular weight is 275 g/mol. The fraction of sp³-hybridized carbons (Fsp3) is 0.182. The molecule has 2 rings (SSSR count). The maximum Gasteiger partial charge on any atom is 0.434 e. The number of rotatable bonds is 3. The molecule has 0 amide bonds. The van der Waals surface area contributed by atoms with Crippen molar-refractivity contribution in [2.75, 3.05) is 0 Å². The Morgan fingerprint density at radius 3 is 2.39 bits per heavy atom. The van der Waals surface area contributed by atoms with E-state index in [1.807, 2.05) is 0 Å². The molecule has 0 unspecified atom stereocenters. The molecule has 0 aliphatic carbocycles. The molecule has 1 aromatic carbocycles. The van der Waals surface area contributed by atoms with Gasteiger partial charge in [0.1, 0.15) is 5.75 Å². The van der Waals surface area contributed by atoms with Crippen LogP contribution < -0.4 is 4.74 Å². The highest BCUT2D eigenvalue weighted by molar-refractivity contribution is 7.11. The normalized spacial score (nSPS) is 11.6. The van der Waals surface area contributed by atoms with Gasteiger partial charge in [0, 0.05) is 5.38 Å². The van der Waals surface area contributed by atoms with E-state index in [0.717, 1.165) is 16.7 Å². The lowest BCUT2D eigenvalue weighted by Crippen LogP contribution is -2.04. The van der Waals surface area contributed by atoms with E-state index < -0.39 is 11.9 Å². The lowest BCUT2D eigenvalue weighted by Gasteiger charge is -2.03. The van der Waals surface area contributed by atoms with Crippen LogP contribution in [0.25, 0.3) is 0 Å². The lowest BCUT2D eigenvalue weighted by molar-refractivity contribution is -0.140. The number of aliphatic hydroxyl groups is 1.